The molecule has 0 amide bonds. The summed E-state index contributed by atoms with van der Waals surface area (Å²) in [6, 6.07) is 5.64. The topological polar surface area (TPSA) is 45.8 Å². The largest absolute Gasteiger partial charge is 0.294 e. The van der Waals surface area contributed by atoms with E-state index in [-0.39, 0.29) is 5.78 Å². The van der Waals surface area contributed by atoms with Gasteiger partial charge in [-0.1, -0.05) is 26.0 Å². The highest BCUT2D eigenvalue weighted by Crippen LogP contribution is 2.26. The molecule has 3 heteroatoms. The second kappa shape index (κ2) is 3.50. The zero-order valence-electron chi connectivity index (χ0n) is 9.16. The molecule has 15 heavy (non-hydrogen) atoms. The van der Waals surface area contributed by atoms with Gasteiger partial charge in [0.25, 0.3) is 0 Å². The Labute approximate surface area is 88.5 Å². The van der Waals surface area contributed by atoms with Crippen molar-refractivity contribution in [2.75, 3.05) is 0 Å². The van der Waals surface area contributed by atoms with Crippen LogP contribution in [0.5, 0.6) is 0 Å². The highest BCUT2D eigenvalue weighted by Gasteiger charge is 2.14. The van der Waals surface area contributed by atoms with E-state index in [0.717, 1.165) is 22.2 Å². The SMILES string of the molecule is CC(=O)c1cccc2n[nH]c(C(C)C)c12. The van der Waals surface area contributed by atoms with Gasteiger partial charge in [-0.25, -0.2) is 0 Å². The number of H-pyrrole nitrogens is 1. The molecule has 1 aromatic carbocycles. The van der Waals surface area contributed by atoms with Crippen molar-refractivity contribution in [2.45, 2.75) is 26.7 Å². The van der Waals surface area contributed by atoms with Gasteiger partial charge in [0.2, 0.25) is 0 Å². The standard InChI is InChI=1S/C12H14N2O/c1-7(2)12-11-9(8(3)15)5-4-6-10(11)13-14-12/h4-7H,1-3H3,(H,13,14). The van der Waals surface area contributed by atoms with E-state index in [1.54, 1.807) is 6.92 Å². The van der Waals surface area contributed by atoms with Gasteiger partial charge in [-0.3, -0.25) is 9.89 Å². The molecule has 0 fully saturated rings. The van der Waals surface area contributed by atoms with Crippen LogP contribution in [0.3, 0.4) is 0 Å². The average molecular weight is 202 g/mol. The minimum Gasteiger partial charge on any atom is -0.294 e. The van der Waals surface area contributed by atoms with Crippen molar-refractivity contribution in [3.63, 3.8) is 0 Å². The number of hydrogen-bond acceptors (Lipinski definition) is 2. The van der Waals surface area contributed by atoms with E-state index in [9.17, 15) is 4.79 Å². The number of carbonyl (C=O) groups excluding carboxylic acids is 1. The number of nitrogens with zero attached hydrogens (tertiary/aromatic N) is 1. The van der Waals surface area contributed by atoms with Crippen LogP contribution >= 0.6 is 0 Å². The molecule has 2 rings (SSSR count). The molecule has 0 radical (unpaired) electrons. The zero-order chi connectivity index (χ0) is 11.0. The maximum Gasteiger partial charge on any atom is 0.160 e. The van der Waals surface area contributed by atoms with Crippen molar-refractivity contribution < 1.29 is 4.79 Å². The Balaban J connectivity index is 2.80. The molecule has 0 atom stereocenters. The number of rotatable bonds is 2. The van der Waals surface area contributed by atoms with Gasteiger partial charge in [0.1, 0.15) is 0 Å². The van der Waals surface area contributed by atoms with E-state index in [1.807, 2.05) is 18.2 Å². The maximum atomic E-state index is 11.5. The van der Waals surface area contributed by atoms with E-state index in [2.05, 4.69) is 24.0 Å². The highest BCUT2D eigenvalue weighted by molar-refractivity contribution is 6.07. The van der Waals surface area contributed by atoms with Gasteiger partial charge in [0.05, 0.1) is 5.52 Å². The molecule has 0 aliphatic heterocycles. The third kappa shape index (κ3) is 1.54. The molecule has 0 unspecified atom stereocenters. The fourth-order valence-corrected chi connectivity index (χ4v) is 1.80. The molecule has 1 heterocycles. The van der Waals surface area contributed by atoms with Crippen molar-refractivity contribution in [1.29, 1.82) is 0 Å². The highest BCUT2D eigenvalue weighted by atomic mass is 16.1. The second-order valence-electron chi connectivity index (χ2n) is 4.05. The normalized spacial score (nSPS) is 11.2. The molecule has 3 nitrogen and oxygen atoms in total. The molecular formula is C12H14N2O. The molecule has 0 saturated carbocycles. The quantitative estimate of drug-likeness (QED) is 0.761. The van der Waals surface area contributed by atoms with Gasteiger partial charge < -0.3 is 0 Å². The first-order valence-corrected chi connectivity index (χ1v) is 5.09. The molecule has 78 valence electrons. The van der Waals surface area contributed by atoms with Crippen LogP contribution in [0.4, 0.5) is 0 Å². The van der Waals surface area contributed by atoms with E-state index in [1.165, 1.54) is 0 Å². The number of fused-ring (bicyclic) bond motifs is 1. The average Bonchev–Trinajstić information content (AvgIpc) is 2.60. The predicted molar refractivity (Wildman–Crippen MR) is 60.2 cm³/mol. The number of ketones is 1. The Morgan fingerprint density at radius 3 is 2.73 bits per heavy atom. The fourth-order valence-electron chi connectivity index (χ4n) is 1.80. The number of hydrogen-bond donors (Lipinski definition) is 1. The summed E-state index contributed by atoms with van der Waals surface area (Å²) in [6.07, 6.45) is 0. The first-order chi connectivity index (χ1) is 7.11. The van der Waals surface area contributed by atoms with Crippen molar-refractivity contribution in [2.24, 2.45) is 0 Å². The van der Waals surface area contributed by atoms with Gasteiger partial charge in [0.15, 0.2) is 5.78 Å². The van der Waals surface area contributed by atoms with Gasteiger partial charge in [-0.15, -0.1) is 0 Å². The number of nitrogens with one attached hydrogen (secondary N) is 1. The summed E-state index contributed by atoms with van der Waals surface area (Å²) in [7, 11) is 0. The third-order valence-corrected chi connectivity index (χ3v) is 2.57. The number of carbonyl (C=O) groups is 1. The summed E-state index contributed by atoms with van der Waals surface area (Å²) in [5.74, 6) is 0.430. The molecular weight excluding hydrogens is 188 g/mol. The molecule has 0 spiro atoms. The molecule has 1 aromatic heterocycles. The van der Waals surface area contributed by atoms with Crippen LogP contribution in [0.2, 0.25) is 0 Å². The van der Waals surface area contributed by atoms with E-state index >= 15 is 0 Å². The molecule has 1 N–H and O–H groups in total. The van der Waals surface area contributed by atoms with Gasteiger partial charge in [-0.05, 0) is 18.9 Å². The first kappa shape index (κ1) is 9.90. The summed E-state index contributed by atoms with van der Waals surface area (Å²) in [5.41, 5.74) is 2.66. The first-order valence-electron chi connectivity index (χ1n) is 5.09. The minimum atomic E-state index is 0.0869. The van der Waals surface area contributed by atoms with Crippen molar-refractivity contribution in [3.8, 4) is 0 Å². The molecule has 0 saturated heterocycles. The molecule has 0 aliphatic rings. The Morgan fingerprint density at radius 1 is 1.40 bits per heavy atom. The molecule has 0 bridgehead atoms. The number of aromatic amines is 1. The lowest BCUT2D eigenvalue weighted by atomic mass is 10.00. The summed E-state index contributed by atoms with van der Waals surface area (Å²) >= 11 is 0. The summed E-state index contributed by atoms with van der Waals surface area (Å²) in [6.45, 7) is 5.76. The van der Waals surface area contributed by atoms with Crippen molar-refractivity contribution in [3.05, 3.63) is 29.5 Å². The van der Waals surface area contributed by atoms with Crippen LogP contribution in [-0.2, 0) is 0 Å². The van der Waals surface area contributed by atoms with Gasteiger partial charge >= 0.3 is 0 Å². The third-order valence-electron chi connectivity index (χ3n) is 2.57. The monoisotopic (exact) mass is 202 g/mol. The lowest BCUT2D eigenvalue weighted by molar-refractivity contribution is 0.101. The fraction of sp³-hybridized carbons (Fsp3) is 0.333. The van der Waals surface area contributed by atoms with Crippen molar-refractivity contribution in [1.82, 2.24) is 10.2 Å². The predicted octanol–water partition coefficient (Wildman–Crippen LogP) is 2.89. The van der Waals surface area contributed by atoms with Crippen LogP contribution in [-0.4, -0.2) is 16.0 Å². The smallest absolute Gasteiger partial charge is 0.160 e. The Kier molecular flexibility index (Phi) is 2.31. The minimum absolute atomic E-state index is 0.0869. The summed E-state index contributed by atoms with van der Waals surface area (Å²) < 4.78 is 0. The number of aromatic nitrogens is 2. The molecule has 2 aromatic rings. The van der Waals surface area contributed by atoms with E-state index in [0.29, 0.717) is 5.92 Å². The Morgan fingerprint density at radius 2 is 2.13 bits per heavy atom. The summed E-state index contributed by atoms with van der Waals surface area (Å²) in [4.78, 5) is 11.5. The van der Waals surface area contributed by atoms with Crippen molar-refractivity contribution >= 4 is 16.7 Å². The van der Waals surface area contributed by atoms with E-state index < -0.39 is 0 Å². The van der Waals surface area contributed by atoms with Crippen LogP contribution in [0, 0.1) is 0 Å². The van der Waals surface area contributed by atoms with Crippen LogP contribution < -0.4 is 0 Å². The molecule has 0 aliphatic carbocycles. The second-order valence-corrected chi connectivity index (χ2v) is 4.05. The number of Topliss-reactive ketones (excluding diaryl/α,β-unsaturated/α-hetero) is 1. The van der Waals surface area contributed by atoms with Crippen LogP contribution in [0.25, 0.3) is 10.9 Å². The van der Waals surface area contributed by atoms with Crippen LogP contribution in [0.15, 0.2) is 18.2 Å². The van der Waals surface area contributed by atoms with Gasteiger partial charge in [0, 0.05) is 16.6 Å². The lowest BCUT2D eigenvalue weighted by Gasteiger charge is -2.04. The Hall–Kier alpha value is -1.64. The maximum absolute atomic E-state index is 11.5. The van der Waals surface area contributed by atoms with Crippen LogP contribution in [0.1, 0.15) is 42.7 Å². The lowest BCUT2D eigenvalue weighted by Crippen LogP contribution is -1.96. The van der Waals surface area contributed by atoms with Gasteiger partial charge in [-0.2, -0.15) is 5.10 Å². The zero-order valence-corrected chi connectivity index (χ0v) is 9.16. The Bertz CT molecular complexity index is 511. The van der Waals surface area contributed by atoms with E-state index in [4.69, 9.17) is 0 Å². The number of benzene rings is 1. The summed E-state index contributed by atoms with van der Waals surface area (Å²) in [5, 5.41) is 8.18.